The Kier molecular flexibility index (Phi) is 6.26. The summed E-state index contributed by atoms with van der Waals surface area (Å²) in [6, 6.07) is 13.9. The number of nitro groups is 1. The molecular weight excluding hydrogens is 370 g/mol. The first-order valence-electron chi connectivity index (χ1n) is 9.81. The number of carbonyl (C=O) groups is 2. The topological polar surface area (TPSA) is 92.6 Å². The summed E-state index contributed by atoms with van der Waals surface area (Å²) in [6.45, 7) is 4.87. The number of non-ortho nitro benzene ring substituents is 1. The van der Waals surface area contributed by atoms with Gasteiger partial charge in [-0.05, 0) is 29.5 Å². The molecule has 2 atom stereocenters. The highest BCUT2D eigenvalue weighted by Gasteiger charge is 2.36. The van der Waals surface area contributed by atoms with Crippen molar-refractivity contribution in [3.05, 3.63) is 69.8 Å². The number of rotatable bonds is 7. The molecular formula is C22H25N3O4. The third kappa shape index (κ3) is 4.62. The molecule has 1 aliphatic rings. The summed E-state index contributed by atoms with van der Waals surface area (Å²) in [5, 5.41) is 13.6. The third-order valence-corrected chi connectivity index (χ3v) is 5.48. The molecule has 29 heavy (non-hydrogen) atoms. The maximum atomic E-state index is 12.6. The quantitative estimate of drug-likeness (QED) is 0.570. The zero-order chi connectivity index (χ0) is 21.0. The number of para-hydroxylation sites is 1. The first kappa shape index (κ1) is 20.5. The minimum Gasteiger partial charge on any atom is -0.352 e. The number of carbonyl (C=O) groups excluding carboxylic acids is 2. The van der Waals surface area contributed by atoms with Gasteiger partial charge in [0, 0.05) is 37.3 Å². The predicted molar refractivity (Wildman–Crippen MR) is 111 cm³/mol. The van der Waals surface area contributed by atoms with Crippen LogP contribution in [0.3, 0.4) is 0 Å². The second-order valence-corrected chi connectivity index (χ2v) is 7.41. The van der Waals surface area contributed by atoms with Crippen LogP contribution in [0.5, 0.6) is 0 Å². The van der Waals surface area contributed by atoms with Crippen molar-refractivity contribution in [2.24, 2.45) is 5.92 Å². The van der Waals surface area contributed by atoms with E-state index in [9.17, 15) is 19.7 Å². The molecule has 1 N–H and O–H groups in total. The van der Waals surface area contributed by atoms with Crippen LogP contribution in [0.1, 0.15) is 43.7 Å². The molecule has 0 bridgehead atoms. The maximum absolute atomic E-state index is 12.6. The second-order valence-electron chi connectivity index (χ2n) is 7.41. The number of anilines is 1. The van der Waals surface area contributed by atoms with E-state index in [0.717, 1.165) is 23.2 Å². The van der Waals surface area contributed by atoms with Gasteiger partial charge in [0.05, 0.1) is 10.8 Å². The number of amides is 2. The van der Waals surface area contributed by atoms with Crippen molar-refractivity contribution in [3.63, 3.8) is 0 Å². The van der Waals surface area contributed by atoms with Crippen molar-refractivity contribution in [3.8, 4) is 0 Å². The number of nitro benzene ring substituents is 1. The number of nitrogens with one attached hydrogen (secondary N) is 1. The van der Waals surface area contributed by atoms with E-state index in [-0.39, 0.29) is 30.5 Å². The lowest BCUT2D eigenvalue weighted by Gasteiger charge is -2.23. The summed E-state index contributed by atoms with van der Waals surface area (Å²) in [6.07, 6.45) is 1.15. The van der Waals surface area contributed by atoms with Crippen molar-refractivity contribution in [1.29, 1.82) is 0 Å². The van der Waals surface area contributed by atoms with Gasteiger partial charge in [-0.3, -0.25) is 19.7 Å². The molecule has 152 valence electrons. The molecule has 3 rings (SSSR count). The fourth-order valence-electron chi connectivity index (χ4n) is 3.56. The van der Waals surface area contributed by atoms with Crippen LogP contribution in [0.25, 0.3) is 0 Å². The van der Waals surface area contributed by atoms with Crippen LogP contribution in [0, 0.1) is 16.0 Å². The molecule has 1 aliphatic heterocycles. The average Bonchev–Trinajstić information content (AvgIpc) is 3.13. The molecule has 0 aromatic heterocycles. The standard InChI is InChI=1S/C22H25N3O4/c1-3-15(2)19-6-4-5-7-20(19)24-14-17(12-21(24)26)22(27)23-13-16-8-10-18(11-9-16)25(28)29/h4-11,15,17H,3,12-14H2,1-2H3,(H,23,27). The van der Waals surface area contributed by atoms with Crippen LogP contribution in [0.2, 0.25) is 0 Å². The lowest BCUT2D eigenvalue weighted by atomic mass is 9.96. The van der Waals surface area contributed by atoms with Crippen LogP contribution in [0.15, 0.2) is 48.5 Å². The minimum atomic E-state index is -0.460. The molecule has 2 aromatic carbocycles. The average molecular weight is 395 g/mol. The van der Waals surface area contributed by atoms with Gasteiger partial charge in [0.2, 0.25) is 11.8 Å². The summed E-state index contributed by atoms with van der Waals surface area (Å²) in [4.78, 5) is 37.2. The summed E-state index contributed by atoms with van der Waals surface area (Å²) >= 11 is 0. The highest BCUT2D eigenvalue weighted by Crippen LogP contribution is 2.33. The Hall–Kier alpha value is -3.22. The summed E-state index contributed by atoms with van der Waals surface area (Å²) in [7, 11) is 0. The highest BCUT2D eigenvalue weighted by atomic mass is 16.6. The van der Waals surface area contributed by atoms with Crippen molar-refractivity contribution in [1.82, 2.24) is 5.32 Å². The summed E-state index contributed by atoms with van der Waals surface area (Å²) in [5.41, 5.74) is 2.79. The minimum absolute atomic E-state index is 0.0112. The molecule has 7 heteroatoms. The van der Waals surface area contributed by atoms with E-state index in [2.05, 4.69) is 19.2 Å². The molecule has 0 radical (unpaired) electrons. The van der Waals surface area contributed by atoms with E-state index in [1.54, 1.807) is 17.0 Å². The van der Waals surface area contributed by atoms with Crippen molar-refractivity contribution < 1.29 is 14.5 Å². The maximum Gasteiger partial charge on any atom is 0.269 e. The van der Waals surface area contributed by atoms with E-state index in [0.29, 0.717) is 12.5 Å². The first-order chi connectivity index (χ1) is 13.9. The Morgan fingerprint density at radius 3 is 2.59 bits per heavy atom. The van der Waals surface area contributed by atoms with Crippen LogP contribution < -0.4 is 10.2 Å². The van der Waals surface area contributed by atoms with Gasteiger partial charge in [-0.2, -0.15) is 0 Å². The Morgan fingerprint density at radius 1 is 1.24 bits per heavy atom. The molecule has 1 heterocycles. The Balaban J connectivity index is 1.64. The third-order valence-electron chi connectivity index (χ3n) is 5.48. The fourth-order valence-corrected chi connectivity index (χ4v) is 3.56. The van der Waals surface area contributed by atoms with Gasteiger partial charge in [-0.1, -0.05) is 44.2 Å². The van der Waals surface area contributed by atoms with E-state index in [1.165, 1.54) is 12.1 Å². The Bertz CT molecular complexity index is 911. The predicted octanol–water partition coefficient (Wildman–Crippen LogP) is 3.78. The summed E-state index contributed by atoms with van der Waals surface area (Å²) < 4.78 is 0. The lowest BCUT2D eigenvalue weighted by molar-refractivity contribution is -0.384. The van der Waals surface area contributed by atoms with E-state index < -0.39 is 10.8 Å². The molecule has 0 aliphatic carbocycles. The van der Waals surface area contributed by atoms with Gasteiger partial charge in [-0.25, -0.2) is 0 Å². The van der Waals surface area contributed by atoms with Crippen LogP contribution in [-0.2, 0) is 16.1 Å². The highest BCUT2D eigenvalue weighted by molar-refractivity contribution is 6.00. The molecule has 2 unspecified atom stereocenters. The largest absolute Gasteiger partial charge is 0.352 e. The van der Waals surface area contributed by atoms with Crippen LogP contribution in [-0.4, -0.2) is 23.3 Å². The van der Waals surface area contributed by atoms with Crippen molar-refractivity contribution >= 4 is 23.2 Å². The van der Waals surface area contributed by atoms with E-state index in [4.69, 9.17) is 0 Å². The summed E-state index contributed by atoms with van der Waals surface area (Å²) in [5.74, 6) is -0.309. The van der Waals surface area contributed by atoms with Crippen molar-refractivity contribution in [2.75, 3.05) is 11.4 Å². The number of hydrogen-bond donors (Lipinski definition) is 1. The van der Waals surface area contributed by atoms with E-state index >= 15 is 0 Å². The first-order valence-corrected chi connectivity index (χ1v) is 9.81. The molecule has 1 fully saturated rings. The smallest absolute Gasteiger partial charge is 0.269 e. The van der Waals surface area contributed by atoms with Crippen molar-refractivity contribution in [2.45, 2.75) is 39.2 Å². The van der Waals surface area contributed by atoms with Crippen LogP contribution in [0.4, 0.5) is 11.4 Å². The lowest BCUT2D eigenvalue weighted by Crippen LogP contribution is -2.32. The molecule has 2 aromatic rings. The number of nitrogens with zero attached hydrogens (tertiary/aromatic N) is 2. The van der Waals surface area contributed by atoms with Gasteiger partial charge in [0.1, 0.15) is 0 Å². The zero-order valence-corrected chi connectivity index (χ0v) is 16.6. The van der Waals surface area contributed by atoms with Gasteiger partial charge in [-0.15, -0.1) is 0 Å². The van der Waals surface area contributed by atoms with Gasteiger partial charge in [0.25, 0.3) is 5.69 Å². The van der Waals surface area contributed by atoms with Gasteiger partial charge in [0.15, 0.2) is 0 Å². The molecule has 0 saturated carbocycles. The molecule has 1 saturated heterocycles. The van der Waals surface area contributed by atoms with Crippen LogP contribution >= 0.6 is 0 Å². The second kappa shape index (κ2) is 8.86. The van der Waals surface area contributed by atoms with Gasteiger partial charge >= 0.3 is 0 Å². The number of hydrogen-bond acceptors (Lipinski definition) is 4. The fraction of sp³-hybridized carbons (Fsp3) is 0.364. The van der Waals surface area contributed by atoms with E-state index in [1.807, 2.05) is 24.3 Å². The zero-order valence-electron chi connectivity index (χ0n) is 16.6. The molecule has 2 amide bonds. The Morgan fingerprint density at radius 2 is 1.93 bits per heavy atom. The van der Waals surface area contributed by atoms with Gasteiger partial charge < -0.3 is 10.2 Å². The molecule has 7 nitrogen and oxygen atoms in total. The SMILES string of the molecule is CCC(C)c1ccccc1N1CC(C(=O)NCc2ccc([N+](=O)[O-])cc2)CC1=O. The molecule has 0 spiro atoms. The number of benzene rings is 2. The Labute approximate surface area is 169 Å². The monoisotopic (exact) mass is 395 g/mol. The normalized spacial score (nSPS) is 17.2.